The van der Waals surface area contributed by atoms with Crippen molar-refractivity contribution in [1.82, 2.24) is 4.57 Å². The highest BCUT2D eigenvalue weighted by molar-refractivity contribution is 7.16. The van der Waals surface area contributed by atoms with Crippen molar-refractivity contribution in [2.24, 2.45) is 4.99 Å². The minimum Gasteiger partial charge on any atom is -0.465 e. The van der Waals surface area contributed by atoms with Crippen molar-refractivity contribution in [2.75, 3.05) is 6.61 Å². The zero-order valence-electron chi connectivity index (χ0n) is 15.6. The van der Waals surface area contributed by atoms with E-state index in [-0.39, 0.29) is 23.5 Å². The van der Waals surface area contributed by atoms with Gasteiger partial charge in [0.15, 0.2) is 4.80 Å². The molecule has 9 heteroatoms. The highest BCUT2D eigenvalue weighted by atomic mass is 32.1. The lowest BCUT2D eigenvalue weighted by atomic mass is 10.1. The zero-order valence-corrected chi connectivity index (χ0v) is 16.4. The lowest BCUT2D eigenvalue weighted by molar-refractivity contribution is -0.143. The van der Waals surface area contributed by atoms with E-state index in [1.165, 1.54) is 11.3 Å². The van der Waals surface area contributed by atoms with Crippen LogP contribution in [0, 0.1) is 6.92 Å². The van der Waals surface area contributed by atoms with Crippen molar-refractivity contribution >= 4 is 33.4 Å². The Balaban J connectivity index is 2.04. The number of amides is 1. The summed E-state index contributed by atoms with van der Waals surface area (Å²) >= 11 is 1.22. The van der Waals surface area contributed by atoms with Gasteiger partial charge >= 0.3 is 12.1 Å². The monoisotopic (exact) mass is 422 g/mol. The second-order valence-electron chi connectivity index (χ2n) is 6.24. The smallest absolute Gasteiger partial charge is 0.416 e. The maximum Gasteiger partial charge on any atom is 0.416 e. The summed E-state index contributed by atoms with van der Waals surface area (Å²) in [6, 6.07) is 9.44. The average molecular weight is 422 g/mol. The summed E-state index contributed by atoms with van der Waals surface area (Å²) in [7, 11) is 0. The number of ether oxygens (including phenoxy) is 1. The quantitative estimate of drug-likeness (QED) is 0.588. The van der Waals surface area contributed by atoms with Gasteiger partial charge in [0.2, 0.25) is 0 Å². The second-order valence-corrected chi connectivity index (χ2v) is 7.25. The number of aromatic nitrogens is 1. The first-order valence-corrected chi connectivity index (χ1v) is 9.52. The van der Waals surface area contributed by atoms with Gasteiger partial charge in [-0.1, -0.05) is 17.4 Å². The zero-order chi connectivity index (χ0) is 21.2. The van der Waals surface area contributed by atoms with Gasteiger partial charge in [0, 0.05) is 5.56 Å². The molecule has 1 heterocycles. The number of aryl methyl sites for hydroxylation is 1. The Hall–Kier alpha value is -2.94. The number of thiazole rings is 1. The Morgan fingerprint density at radius 1 is 1.14 bits per heavy atom. The van der Waals surface area contributed by atoms with Crippen molar-refractivity contribution in [3.8, 4) is 0 Å². The van der Waals surface area contributed by atoms with Crippen molar-refractivity contribution in [2.45, 2.75) is 26.6 Å². The molecule has 0 saturated heterocycles. The predicted octanol–water partition coefficient (Wildman–Crippen LogP) is 4.33. The van der Waals surface area contributed by atoms with Crippen molar-refractivity contribution < 1.29 is 27.5 Å². The van der Waals surface area contributed by atoms with E-state index in [4.69, 9.17) is 4.74 Å². The number of hydrogen-bond acceptors (Lipinski definition) is 4. The molecular formula is C20H17F3N2O3S. The second kappa shape index (κ2) is 8.20. The molecular weight excluding hydrogens is 405 g/mol. The van der Waals surface area contributed by atoms with Gasteiger partial charge in [-0.05, 0) is 55.8 Å². The van der Waals surface area contributed by atoms with Crippen LogP contribution in [0.1, 0.15) is 28.4 Å². The molecule has 0 saturated carbocycles. The fourth-order valence-corrected chi connectivity index (χ4v) is 3.83. The van der Waals surface area contributed by atoms with Crippen molar-refractivity contribution in [1.29, 1.82) is 0 Å². The number of carbonyl (C=O) groups is 2. The molecule has 0 bridgehead atoms. The Labute approximate surface area is 168 Å². The maximum atomic E-state index is 12.7. The van der Waals surface area contributed by atoms with E-state index >= 15 is 0 Å². The Bertz CT molecular complexity index is 1130. The molecule has 0 radical (unpaired) electrons. The number of rotatable bonds is 4. The molecule has 0 aliphatic heterocycles. The van der Waals surface area contributed by atoms with Crippen LogP contribution in [0.25, 0.3) is 10.2 Å². The first-order chi connectivity index (χ1) is 13.7. The number of nitrogens with zero attached hydrogens (tertiary/aromatic N) is 2. The highest BCUT2D eigenvalue weighted by Crippen LogP contribution is 2.29. The number of hydrogen-bond donors (Lipinski definition) is 0. The number of alkyl halides is 3. The molecule has 3 rings (SSSR count). The molecule has 0 unspecified atom stereocenters. The Morgan fingerprint density at radius 3 is 2.45 bits per heavy atom. The third kappa shape index (κ3) is 4.73. The summed E-state index contributed by atoms with van der Waals surface area (Å²) in [5, 5.41) is 0. The molecule has 0 atom stereocenters. The van der Waals surface area contributed by atoms with Crippen LogP contribution in [0.15, 0.2) is 47.5 Å². The minimum absolute atomic E-state index is 0.0225. The number of halogens is 3. The summed E-state index contributed by atoms with van der Waals surface area (Å²) in [5.41, 5.74) is 0.897. The number of carbonyl (C=O) groups excluding carboxylic acids is 2. The molecule has 5 nitrogen and oxygen atoms in total. The van der Waals surface area contributed by atoms with E-state index < -0.39 is 23.6 Å². The summed E-state index contributed by atoms with van der Waals surface area (Å²) in [6.07, 6.45) is -4.48. The van der Waals surface area contributed by atoms with E-state index in [9.17, 15) is 22.8 Å². The highest BCUT2D eigenvalue weighted by Gasteiger charge is 2.30. The SMILES string of the molecule is CCOC(=O)Cn1c(=NC(=O)c2ccc(C(F)(F)F)cc2)sc2cc(C)ccc21. The van der Waals surface area contributed by atoms with Gasteiger partial charge in [-0.25, -0.2) is 0 Å². The summed E-state index contributed by atoms with van der Waals surface area (Å²) in [6.45, 7) is 3.70. The molecule has 1 aromatic heterocycles. The van der Waals surface area contributed by atoms with E-state index in [1.807, 2.05) is 25.1 Å². The predicted molar refractivity (Wildman–Crippen MR) is 103 cm³/mol. The summed E-state index contributed by atoms with van der Waals surface area (Å²) < 4.78 is 45.5. The van der Waals surface area contributed by atoms with Gasteiger partial charge in [0.25, 0.3) is 5.91 Å². The van der Waals surface area contributed by atoms with Crippen LogP contribution in [0.2, 0.25) is 0 Å². The standard InChI is InChI=1S/C20H17F3N2O3S/c1-3-28-17(26)11-25-15-9-4-12(2)10-16(15)29-19(25)24-18(27)13-5-7-14(8-6-13)20(21,22)23/h4-10H,3,11H2,1-2H3. The Morgan fingerprint density at radius 2 is 1.83 bits per heavy atom. The maximum absolute atomic E-state index is 12.7. The molecule has 0 spiro atoms. The fraction of sp³-hybridized carbons (Fsp3) is 0.250. The number of esters is 1. The molecule has 0 N–H and O–H groups in total. The lowest BCUT2D eigenvalue weighted by Crippen LogP contribution is -2.23. The summed E-state index contributed by atoms with van der Waals surface area (Å²) in [5.74, 6) is -1.17. The van der Waals surface area contributed by atoms with Gasteiger partial charge in [0.1, 0.15) is 6.54 Å². The van der Waals surface area contributed by atoms with Crippen LogP contribution >= 0.6 is 11.3 Å². The van der Waals surface area contributed by atoms with Crippen LogP contribution in [-0.4, -0.2) is 23.1 Å². The van der Waals surface area contributed by atoms with Crippen molar-refractivity contribution in [3.63, 3.8) is 0 Å². The molecule has 0 aliphatic rings. The molecule has 3 aromatic rings. The van der Waals surface area contributed by atoms with Crippen LogP contribution < -0.4 is 4.80 Å². The van der Waals surface area contributed by atoms with Crippen LogP contribution in [0.5, 0.6) is 0 Å². The van der Waals surface area contributed by atoms with Crippen LogP contribution in [0.4, 0.5) is 13.2 Å². The first-order valence-electron chi connectivity index (χ1n) is 8.71. The normalized spacial score (nSPS) is 12.4. The third-order valence-corrected chi connectivity index (χ3v) is 5.13. The van der Waals surface area contributed by atoms with Crippen LogP contribution in [-0.2, 0) is 22.3 Å². The third-order valence-electron chi connectivity index (χ3n) is 4.09. The van der Waals surface area contributed by atoms with Gasteiger partial charge in [-0.3, -0.25) is 9.59 Å². The van der Waals surface area contributed by atoms with Gasteiger partial charge in [-0.15, -0.1) is 0 Å². The van der Waals surface area contributed by atoms with Crippen LogP contribution in [0.3, 0.4) is 0 Å². The fourth-order valence-electron chi connectivity index (χ4n) is 2.71. The molecule has 2 aromatic carbocycles. The Kier molecular flexibility index (Phi) is 5.88. The summed E-state index contributed by atoms with van der Waals surface area (Å²) in [4.78, 5) is 28.8. The van der Waals surface area contributed by atoms with E-state index in [0.717, 1.165) is 34.5 Å². The molecule has 29 heavy (non-hydrogen) atoms. The number of fused-ring (bicyclic) bond motifs is 1. The molecule has 1 amide bonds. The van der Waals surface area contributed by atoms with Gasteiger partial charge < -0.3 is 9.30 Å². The molecule has 152 valence electrons. The minimum atomic E-state index is -4.48. The number of benzene rings is 2. The van der Waals surface area contributed by atoms with E-state index in [1.54, 1.807) is 11.5 Å². The topological polar surface area (TPSA) is 60.7 Å². The van der Waals surface area contributed by atoms with Gasteiger partial charge in [-0.2, -0.15) is 18.2 Å². The lowest BCUT2D eigenvalue weighted by Gasteiger charge is -2.06. The largest absolute Gasteiger partial charge is 0.465 e. The molecule has 0 fully saturated rings. The first kappa shape index (κ1) is 20.8. The van der Waals surface area contributed by atoms with Gasteiger partial charge in [0.05, 0.1) is 22.4 Å². The van der Waals surface area contributed by atoms with E-state index in [2.05, 4.69) is 4.99 Å². The average Bonchev–Trinajstić information content (AvgIpc) is 2.97. The van der Waals surface area contributed by atoms with Crippen molar-refractivity contribution in [3.05, 3.63) is 64.0 Å². The molecule has 0 aliphatic carbocycles. The van der Waals surface area contributed by atoms with E-state index in [0.29, 0.717) is 5.52 Å².